The molecule has 0 amide bonds. The Kier molecular flexibility index (Phi) is 3.80. The molecule has 0 radical (unpaired) electrons. The lowest BCUT2D eigenvalue weighted by Gasteiger charge is -2.37. The Morgan fingerprint density at radius 2 is 2.04 bits per heavy atom. The van der Waals surface area contributed by atoms with Crippen LogP contribution in [0.25, 0.3) is 22.2 Å². The molecule has 3 heterocycles. The molecule has 1 fully saturated rings. The number of aryl methyl sites for hydroxylation is 2. The normalized spacial score (nSPS) is 15.7. The van der Waals surface area contributed by atoms with Gasteiger partial charge in [-0.05, 0) is 49.8 Å². The van der Waals surface area contributed by atoms with Crippen LogP contribution in [0.15, 0.2) is 35.0 Å². The minimum absolute atomic E-state index is 0.468. The van der Waals surface area contributed by atoms with E-state index in [4.69, 9.17) is 4.42 Å². The first-order chi connectivity index (χ1) is 13.5. The Morgan fingerprint density at radius 1 is 1.18 bits per heavy atom. The van der Waals surface area contributed by atoms with Crippen LogP contribution >= 0.6 is 0 Å². The lowest BCUT2D eigenvalue weighted by molar-refractivity contribution is -0.0388. The lowest BCUT2D eigenvalue weighted by atomic mass is 9.75. The molecule has 0 spiro atoms. The molecule has 1 saturated carbocycles. The van der Waals surface area contributed by atoms with Crippen LogP contribution in [-0.4, -0.2) is 25.3 Å². The van der Waals surface area contributed by atoms with Crippen molar-refractivity contribution in [3.63, 3.8) is 0 Å². The molecule has 4 aromatic rings. The minimum atomic E-state index is -0.662. The van der Waals surface area contributed by atoms with Gasteiger partial charge in [0.05, 0.1) is 16.7 Å². The second-order valence-electron chi connectivity index (χ2n) is 7.53. The second-order valence-corrected chi connectivity index (χ2v) is 7.53. The summed E-state index contributed by atoms with van der Waals surface area (Å²) in [6, 6.07) is 8.08. The average Bonchev–Trinajstić information content (AvgIpc) is 3.07. The lowest BCUT2D eigenvalue weighted by Crippen LogP contribution is -2.33. The van der Waals surface area contributed by atoms with Crippen LogP contribution in [0.2, 0.25) is 0 Å². The van der Waals surface area contributed by atoms with Crippen molar-refractivity contribution in [3.05, 3.63) is 53.0 Å². The fourth-order valence-corrected chi connectivity index (χ4v) is 3.77. The topological polar surface area (TPSA) is 97.0 Å². The number of benzene rings is 1. The zero-order valence-electron chi connectivity index (χ0n) is 15.9. The molecule has 1 aliphatic carbocycles. The number of fused-ring (bicyclic) bond motifs is 3. The summed E-state index contributed by atoms with van der Waals surface area (Å²) >= 11 is 0. The molecule has 142 valence electrons. The van der Waals surface area contributed by atoms with Gasteiger partial charge in [0, 0.05) is 6.54 Å². The monoisotopic (exact) mass is 375 g/mol. The van der Waals surface area contributed by atoms with Crippen molar-refractivity contribution in [2.24, 2.45) is 0 Å². The molecule has 7 heteroatoms. The molecule has 5 rings (SSSR count). The highest BCUT2D eigenvalue weighted by Gasteiger charge is 2.36. The van der Waals surface area contributed by atoms with Gasteiger partial charge >= 0.3 is 0 Å². The summed E-state index contributed by atoms with van der Waals surface area (Å²) in [5.41, 5.74) is 5.04. The molecule has 28 heavy (non-hydrogen) atoms. The van der Waals surface area contributed by atoms with Crippen LogP contribution in [-0.2, 0) is 12.1 Å². The van der Waals surface area contributed by atoms with Crippen LogP contribution < -0.4 is 5.32 Å². The molecule has 0 saturated heterocycles. The molecule has 1 aromatic carbocycles. The highest BCUT2D eigenvalue weighted by molar-refractivity contribution is 6.05. The zero-order valence-corrected chi connectivity index (χ0v) is 15.9. The van der Waals surface area contributed by atoms with Gasteiger partial charge in [0.25, 0.3) is 0 Å². The third-order valence-corrected chi connectivity index (χ3v) is 5.77. The number of nitrogens with zero attached hydrogens (tertiary/aromatic N) is 4. The standard InChI is InChI=1S/C21H21N5O2/c1-12-13(2)25-26-20-16(12)17-18(28-20)19(24-11-23-17)22-10-14-5-3-6-15(9-14)21(27)7-4-8-21/h3,5-6,9,11,27H,4,7-8,10H2,1-2H3,(H,22,23,24). The highest BCUT2D eigenvalue weighted by Crippen LogP contribution is 2.41. The maximum absolute atomic E-state index is 10.6. The molecule has 0 bridgehead atoms. The van der Waals surface area contributed by atoms with Gasteiger partial charge in [-0.2, -0.15) is 5.10 Å². The van der Waals surface area contributed by atoms with Crippen molar-refractivity contribution < 1.29 is 9.52 Å². The van der Waals surface area contributed by atoms with Gasteiger partial charge in [0.1, 0.15) is 11.8 Å². The number of aliphatic hydroxyl groups is 1. The van der Waals surface area contributed by atoms with Gasteiger partial charge in [0.2, 0.25) is 5.71 Å². The SMILES string of the molecule is Cc1nnc2oc3c(NCc4cccc(C5(O)CCC5)c4)ncnc3c2c1C. The largest absolute Gasteiger partial charge is 0.431 e. The number of aromatic nitrogens is 4. The van der Waals surface area contributed by atoms with Gasteiger partial charge in [0.15, 0.2) is 11.4 Å². The molecule has 0 aliphatic heterocycles. The van der Waals surface area contributed by atoms with E-state index in [1.807, 2.05) is 32.0 Å². The van der Waals surface area contributed by atoms with Crippen LogP contribution in [0.4, 0.5) is 5.82 Å². The first-order valence-corrected chi connectivity index (χ1v) is 9.48. The summed E-state index contributed by atoms with van der Waals surface area (Å²) in [6.45, 7) is 4.48. The second kappa shape index (κ2) is 6.24. The molecular weight excluding hydrogens is 354 g/mol. The van der Waals surface area contributed by atoms with Gasteiger partial charge in [-0.25, -0.2) is 9.97 Å². The summed E-state index contributed by atoms with van der Waals surface area (Å²) in [6.07, 6.45) is 4.26. The maximum atomic E-state index is 10.6. The molecular formula is C21H21N5O2. The van der Waals surface area contributed by atoms with Crippen LogP contribution in [0.1, 0.15) is 41.6 Å². The van der Waals surface area contributed by atoms with E-state index in [1.54, 1.807) is 0 Å². The van der Waals surface area contributed by atoms with Gasteiger partial charge in [-0.3, -0.25) is 0 Å². The van der Waals surface area contributed by atoms with Crippen molar-refractivity contribution >= 4 is 28.0 Å². The number of hydrogen-bond donors (Lipinski definition) is 2. The Balaban J connectivity index is 1.48. The summed E-state index contributed by atoms with van der Waals surface area (Å²) < 4.78 is 5.91. The van der Waals surface area contributed by atoms with Crippen molar-refractivity contribution in [1.82, 2.24) is 20.2 Å². The highest BCUT2D eigenvalue weighted by atomic mass is 16.3. The quantitative estimate of drug-likeness (QED) is 0.560. The van der Waals surface area contributed by atoms with E-state index in [2.05, 4.69) is 31.5 Å². The van der Waals surface area contributed by atoms with E-state index >= 15 is 0 Å². The van der Waals surface area contributed by atoms with Crippen molar-refractivity contribution in [2.45, 2.75) is 45.3 Å². The van der Waals surface area contributed by atoms with E-state index in [9.17, 15) is 5.11 Å². The van der Waals surface area contributed by atoms with E-state index in [0.717, 1.165) is 52.5 Å². The van der Waals surface area contributed by atoms with Gasteiger partial charge < -0.3 is 14.8 Å². The Labute approximate surface area is 161 Å². The van der Waals surface area contributed by atoms with Crippen molar-refractivity contribution in [1.29, 1.82) is 0 Å². The molecule has 0 atom stereocenters. The smallest absolute Gasteiger partial charge is 0.249 e. The van der Waals surface area contributed by atoms with E-state index in [1.165, 1.54) is 6.33 Å². The third-order valence-electron chi connectivity index (χ3n) is 5.77. The minimum Gasteiger partial charge on any atom is -0.431 e. The fourth-order valence-electron chi connectivity index (χ4n) is 3.77. The molecule has 2 N–H and O–H groups in total. The average molecular weight is 375 g/mol. The molecule has 1 aliphatic rings. The number of furan rings is 1. The molecule has 7 nitrogen and oxygen atoms in total. The Hall–Kier alpha value is -3.06. The summed E-state index contributed by atoms with van der Waals surface area (Å²) in [5, 5.41) is 23.1. The van der Waals surface area contributed by atoms with Crippen molar-refractivity contribution in [2.75, 3.05) is 5.32 Å². The number of rotatable bonds is 4. The summed E-state index contributed by atoms with van der Waals surface area (Å²) in [7, 11) is 0. The van der Waals surface area contributed by atoms with Gasteiger partial charge in [-0.1, -0.05) is 24.3 Å². The number of anilines is 1. The molecule has 3 aromatic heterocycles. The first kappa shape index (κ1) is 17.1. The predicted octanol–water partition coefficient (Wildman–Crippen LogP) is 3.77. The van der Waals surface area contributed by atoms with E-state index in [-0.39, 0.29) is 0 Å². The number of hydrogen-bond acceptors (Lipinski definition) is 7. The zero-order chi connectivity index (χ0) is 19.3. The summed E-state index contributed by atoms with van der Waals surface area (Å²) in [4.78, 5) is 8.76. The van der Waals surface area contributed by atoms with E-state index in [0.29, 0.717) is 23.7 Å². The summed E-state index contributed by atoms with van der Waals surface area (Å²) in [5.74, 6) is 0.618. The fraction of sp³-hybridized carbons (Fsp3) is 0.333. The van der Waals surface area contributed by atoms with Gasteiger partial charge in [-0.15, -0.1) is 5.10 Å². The number of nitrogens with one attached hydrogen (secondary N) is 1. The molecule has 0 unspecified atom stereocenters. The van der Waals surface area contributed by atoms with Crippen LogP contribution in [0.5, 0.6) is 0 Å². The van der Waals surface area contributed by atoms with Crippen molar-refractivity contribution in [3.8, 4) is 0 Å². The predicted molar refractivity (Wildman–Crippen MR) is 106 cm³/mol. The van der Waals surface area contributed by atoms with Crippen LogP contribution in [0.3, 0.4) is 0 Å². The Morgan fingerprint density at radius 3 is 2.82 bits per heavy atom. The first-order valence-electron chi connectivity index (χ1n) is 9.48. The van der Waals surface area contributed by atoms with E-state index < -0.39 is 5.60 Å². The Bertz CT molecular complexity index is 1200. The third kappa shape index (κ3) is 2.62. The van der Waals surface area contributed by atoms with Crippen LogP contribution in [0, 0.1) is 13.8 Å². The maximum Gasteiger partial charge on any atom is 0.249 e.